The molecular formula is C41H47Br3N6O4. The third kappa shape index (κ3) is 9.18. The van der Waals surface area contributed by atoms with Gasteiger partial charge in [-0.15, -0.1) is 0 Å². The zero-order chi connectivity index (χ0) is 35.6. The second-order valence-corrected chi connectivity index (χ2v) is 15.7. The van der Waals surface area contributed by atoms with E-state index in [0.29, 0.717) is 34.2 Å². The highest BCUT2D eigenvalue weighted by atomic mass is 79.9. The molecular weight excluding hydrogens is 880 g/mol. The monoisotopic (exact) mass is 924 g/mol. The van der Waals surface area contributed by atoms with E-state index in [1.807, 2.05) is 61.2 Å². The Morgan fingerprint density at radius 2 is 1.13 bits per heavy atom. The first kappa shape index (κ1) is 42.5. The van der Waals surface area contributed by atoms with Crippen molar-refractivity contribution in [3.8, 4) is 11.5 Å². The maximum Gasteiger partial charge on any atom is 0.191 e. The van der Waals surface area contributed by atoms with Crippen molar-refractivity contribution in [3.63, 3.8) is 0 Å². The largest absolute Gasteiger partial charge is 0.507 e. The molecule has 54 heavy (non-hydrogen) atoms. The topological polar surface area (TPSA) is 113 Å². The van der Waals surface area contributed by atoms with Crippen LogP contribution in [0, 0.1) is 0 Å². The number of rotatable bonds is 8. The Labute approximate surface area is 343 Å². The van der Waals surface area contributed by atoms with E-state index in [1.165, 1.54) is 6.07 Å². The number of carbonyl (C=O) groups excluding carboxylic acids is 2. The van der Waals surface area contributed by atoms with Gasteiger partial charge >= 0.3 is 0 Å². The number of anilines is 2. The lowest BCUT2D eigenvalue weighted by Crippen LogP contribution is -2.44. The lowest BCUT2D eigenvalue weighted by molar-refractivity contribution is 0.103. The number of benzene rings is 2. The van der Waals surface area contributed by atoms with E-state index in [-0.39, 0.29) is 50.9 Å². The van der Waals surface area contributed by atoms with E-state index >= 15 is 0 Å². The molecule has 4 atom stereocenters. The number of carbonyl (C=O) groups is 2. The zero-order valence-electron chi connectivity index (χ0n) is 27.4. The Bertz CT molecular complexity index is 1980. The van der Waals surface area contributed by atoms with E-state index in [9.17, 15) is 19.8 Å². The predicted molar refractivity (Wildman–Crippen MR) is 227 cm³/mol. The predicted octanol–water partition coefficient (Wildman–Crippen LogP) is 9.09. The van der Waals surface area contributed by atoms with Crippen molar-refractivity contribution in [2.75, 3.05) is 36.0 Å². The van der Waals surface area contributed by atoms with Crippen molar-refractivity contribution in [1.82, 2.24) is 19.8 Å². The number of halogens is 3. The Hall–Kier alpha value is -4.20. The van der Waals surface area contributed by atoms with Crippen LogP contribution in [0.5, 0.6) is 11.5 Å². The van der Waals surface area contributed by atoms with Crippen molar-refractivity contribution in [2.45, 2.75) is 59.3 Å². The summed E-state index contributed by atoms with van der Waals surface area (Å²) in [5, 5.41) is 20.0. The molecule has 0 radical (unpaired) electrons. The highest BCUT2D eigenvalue weighted by Crippen LogP contribution is 2.36. The van der Waals surface area contributed by atoms with Gasteiger partial charge in [-0.25, -0.2) is 9.97 Å². The molecule has 0 unspecified atom stereocenters. The SMILES string of the molecule is C.C.C.O=C(/C=C/N1C[C@H]2C[C@@H]1CN2c1ccccn1)c1cc(Br)cc(Br)c1O.O=C(/C=C/N1C[C@H]2C[C@@H]1CN2c1ccccn1)c1cc(Br)ccc1O. The molecule has 0 saturated carbocycles. The molecule has 4 saturated heterocycles. The molecule has 0 spiro atoms. The molecule has 6 heterocycles. The summed E-state index contributed by atoms with van der Waals surface area (Å²) >= 11 is 9.94. The average Bonchev–Trinajstić information content (AvgIpc) is 3.95. The molecule has 286 valence electrons. The Balaban J connectivity index is 0.000000228. The minimum Gasteiger partial charge on any atom is -0.507 e. The highest BCUT2D eigenvalue weighted by molar-refractivity contribution is 9.11. The van der Waals surface area contributed by atoms with Gasteiger partial charge in [0.25, 0.3) is 0 Å². The number of phenolic OH excluding ortho intramolecular Hbond substituents is 2. The zero-order valence-corrected chi connectivity index (χ0v) is 32.2. The van der Waals surface area contributed by atoms with E-state index in [4.69, 9.17) is 0 Å². The summed E-state index contributed by atoms with van der Waals surface area (Å²) < 4.78 is 2.01. The van der Waals surface area contributed by atoms with Crippen LogP contribution in [-0.4, -0.2) is 91.9 Å². The van der Waals surface area contributed by atoms with E-state index in [2.05, 4.69) is 77.4 Å². The number of ketones is 2. The number of piperazine rings is 2. The lowest BCUT2D eigenvalue weighted by atomic mass is 10.1. The maximum absolute atomic E-state index is 12.5. The van der Waals surface area contributed by atoms with Crippen LogP contribution in [0.3, 0.4) is 0 Å². The number of nitrogens with zero attached hydrogens (tertiary/aromatic N) is 6. The number of hydrogen-bond acceptors (Lipinski definition) is 10. The average molecular weight is 928 g/mol. The summed E-state index contributed by atoms with van der Waals surface area (Å²) in [5.41, 5.74) is 0.590. The molecule has 0 aliphatic carbocycles. The molecule has 10 nitrogen and oxygen atoms in total. The van der Waals surface area contributed by atoms with Crippen molar-refractivity contribution in [3.05, 3.63) is 128 Å². The number of fused-ring (bicyclic) bond motifs is 4. The molecule has 2 aromatic carbocycles. The van der Waals surface area contributed by atoms with Gasteiger partial charge in [0, 0.05) is 96.2 Å². The van der Waals surface area contributed by atoms with E-state index in [0.717, 1.165) is 59.6 Å². The summed E-state index contributed by atoms with van der Waals surface area (Å²) in [4.78, 5) is 42.8. The van der Waals surface area contributed by atoms with Crippen LogP contribution in [0.4, 0.5) is 11.6 Å². The molecule has 4 bridgehead atoms. The molecule has 0 amide bonds. The molecule has 4 fully saturated rings. The molecule has 4 aliphatic rings. The lowest BCUT2D eigenvalue weighted by Gasteiger charge is -2.34. The Morgan fingerprint density at radius 1 is 0.630 bits per heavy atom. The summed E-state index contributed by atoms with van der Waals surface area (Å²) in [6.07, 6.45) is 12.6. The Morgan fingerprint density at radius 3 is 1.59 bits per heavy atom. The Kier molecular flexibility index (Phi) is 14.5. The third-order valence-corrected chi connectivity index (χ3v) is 11.4. The van der Waals surface area contributed by atoms with E-state index < -0.39 is 0 Å². The van der Waals surface area contributed by atoms with Gasteiger partial charge in [-0.3, -0.25) is 9.59 Å². The van der Waals surface area contributed by atoms with Gasteiger partial charge in [-0.2, -0.15) is 0 Å². The second-order valence-electron chi connectivity index (χ2n) is 13.0. The fraction of sp³-hybridized carbons (Fsp3) is 0.317. The van der Waals surface area contributed by atoms with Gasteiger partial charge in [0.05, 0.1) is 15.6 Å². The molecule has 13 heteroatoms. The fourth-order valence-electron chi connectivity index (χ4n) is 7.33. The van der Waals surface area contributed by atoms with Crippen molar-refractivity contribution in [2.24, 2.45) is 0 Å². The van der Waals surface area contributed by atoms with Gasteiger partial charge in [0.1, 0.15) is 23.1 Å². The number of allylic oxidation sites excluding steroid dienone is 2. The minimum absolute atomic E-state index is 0. The summed E-state index contributed by atoms with van der Waals surface area (Å²) in [7, 11) is 0. The molecule has 4 aliphatic heterocycles. The van der Waals surface area contributed by atoms with Crippen LogP contribution in [0.2, 0.25) is 0 Å². The minimum atomic E-state index is -0.214. The molecule has 4 aromatic rings. The number of aromatic hydroxyl groups is 2. The number of aromatic nitrogens is 2. The van der Waals surface area contributed by atoms with E-state index in [1.54, 1.807) is 36.4 Å². The van der Waals surface area contributed by atoms with Crippen LogP contribution in [0.15, 0.2) is 117 Å². The number of hydrogen-bond donors (Lipinski definition) is 2. The van der Waals surface area contributed by atoms with Crippen LogP contribution >= 0.6 is 47.8 Å². The van der Waals surface area contributed by atoms with Crippen LogP contribution in [0.1, 0.15) is 55.8 Å². The van der Waals surface area contributed by atoms with Gasteiger partial charge in [-0.05, 0) is 83.4 Å². The standard InChI is InChI=1S/C19H17Br2N3O2.C19H18BrN3O2.3CH4/c20-12-7-15(19(26)16(21)8-12)17(25)4-6-23-10-14-9-13(23)11-24(14)18-3-1-2-5-22-18;20-13-4-5-17(24)16(9-13)18(25)6-8-22-11-15-10-14(22)12-23(15)19-3-1-2-7-21-19;;;/h1-8,13-14,26H,9-11H2;1-9,14-15,24H,10-12H2;3*1H4/b6-4+;8-6+;;;/t13-,14-;14-,15-;;;/m11.../s1. The summed E-state index contributed by atoms with van der Waals surface area (Å²) in [6, 6.07) is 21.8. The summed E-state index contributed by atoms with van der Waals surface area (Å²) in [5.74, 6) is 1.60. The number of pyridine rings is 2. The summed E-state index contributed by atoms with van der Waals surface area (Å²) in [6.45, 7) is 3.59. The van der Waals surface area contributed by atoms with Gasteiger partial charge in [0.2, 0.25) is 0 Å². The molecule has 2 N–H and O–H groups in total. The highest BCUT2D eigenvalue weighted by Gasteiger charge is 2.43. The van der Waals surface area contributed by atoms with Crippen molar-refractivity contribution in [1.29, 1.82) is 0 Å². The molecule has 8 rings (SSSR count). The maximum atomic E-state index is 12.5. The van der Waals surface area contributed by atoms with Gasteiger partial charge in [-0.1, -0.05) is 66.3 Å². The fourth-order valence-corrected chi connectivity index (χ4v) is 8.92. The van der Waals surface area contributed by atoms with Crippen LogP contribution in [0.25, 0.3) is 0 Å². The van der Waals surface area contributed by atoms with Crippen LogP contribution < -0.4 is 9.80 Å². The normalized spacial score (nSPS) is 20.7. The first-order chi connectivity index (χ1) is 24.6. The first-order valence-corrected chi connectivity index (χ1v) is 19.0. The second kappa shape index (κ2) is 18.4. The third-order valence-electron chi connectivity index (χ3n) is 9.81. The quantitative estimate of drug-likeness (QED) is 0.131. The van der Waals surface area contributed by atoms with Gasteiger partial charge < -0.3 is 29.8 Å². The van der Waals surface area contributed by atoms with Crippen molar-refractivity contribution >= 4 is 71.0 Å². The molecule has 2 aromatic heterocycles. The van der Waals surface area contributed by atoms with Crippen LogP contribution in [-0.2, 0) is 0 Å². The first-order valence-electron chi connectivity index (χ1n) is 16.6. The smallest absolute Gasteiger partial charge is 0.191 e. The van der Waals surface area contributed by atoms with Gasteiger partial charge in [0.15, 0.2) is 11.6 Å². The van der Waals surface area contributed by atoms with Crippen molar-refractivity contribution < 1.29 is 19.8 Å². The number of likely N-dealkylation sites (tertiary alicyclic amines) is 2. The number of phenols is 2.